The quantitative estimate of drug-likeness (QED) is 0.794. The van der Waals surface area contributed by atoms with Crippen molar-refractivity contribution in [2.75, 3.05) is 12.4 Å². The molecule has 0 saturated carbocycles. The van der Waals surface area contributed by atoms with Crippen LogP contribution in [0.2, 0.25) is 0 Å². The highest BCUT2D eigenvalue weighted by Crippen LogP contribution is 2.21. The third-order valence-corrected chi connectivity index (χ3v) is 3.27. The first-order valence-corrected chi connectivity index (χ1v) is 5.85. The second-order valence-corrected chi connectivity index (χ2v) is 4.42. The smallest absolute Gasteiger partial charge is 0.0682 e. The number of aliphatic hydroxyl groups excluding tert-OH is 1. The molecule has 82 valence electrons. The molecule has 0 aliphatic carbocycles. The summed E-state index contributed by atoms with van der Waals surface area (Å²) in [6, 6.07) is 10.6. The molecular weight excluding hydrogens is 210 g/mol. The lowest BCUT2D eigenvalue weighted by atomic mass is 10.2. The van der Waals surface area contributed by atoms with Crippen LogP contribution in [0.15, 0.2) is 30.3 Å². The summed E-state index contributed by atoms with van der Waals surface area (Å²) < 4.78 is 0. The van der Waals surface area contributed by atoms with Gasteiger partial charge >= 0.3 is 0 Å². The zero-order chi connectivity index (χ0) is 10.7. The van der Waals surface area contributed by atoms with Crippen molar-refractivity contribution in [1.82, 2.24) is 4.90 Å². The summed E-state index contributed by atoms with van der Waals surface area (Å²) in [5.41, 5.74) is 1.28. The van der Waals surface area contributed by atoms with Gasteiger partial charge in [-0.05, 0) is 12.0 Å². The second-order valence-electron chi connectivity index (χ2n) is 4.11. The topological polar surface area (TPSA) is 23.5 Å². The lowest BCUT2D eigenvalue weighted by molar-refractivity contribution is 0.173. The van der Waals surface area contributed by atoms with E-state index in [0.717, 1.165) is 19.5 Å². The minimum atomic E-state index is -0.211. The highest BCUT2D eigenvalue weighted by molar-refractivity contribution is 6.18. The molecule has 0 bridgehead atoms. The maximum Gasteiger partial charge on any atom is 0.0682 e. The Morgan fingerprint density at radius 2 is 2.07 bits per heavy atom. The van der Waals surface area contributed by atoms with Gasteiger partial charge in [-0.3, -0.25) is 4.90 Å². The van der Waals surface area contributed by atoms with E-state index in [1.165, 1.54) is 5.56 Å². The van der Waals surface area contributed by atoms with Gasteiger partial charge < -0.3 is 5.11 Å². The fourth-order valence-corrected chi connectivity index (χ4v) is 2.45. The summed E-state index contributed by atoms with van der Waals surface area (Å²) in [6.07, 6.45) is 0.591. The Kier molecular flexibility index (Phi) is 3.62. The molecule has 15 heavy (non-hydrogen) atoms. The van der Waals surface area contributed by atoms with Gasteiger partial charge in [0.15, 0.2) is 0 Å². The number of hydrogen-bond donors (Lipinski definition) is 1. The third kappa shape index (κ3) is 2.71. The van der Waals surface area contributed by atoms with E-state index in [2.05, 4.69) is 17.0 Å². The molecule has 1 N–H and O–H groups in total. The van der Waals surface area contributed by atoms with E-state index in [-0.39, 0.29) is 6.10 Å². The number of halogens is 1. The lowest BCUT2D eigenvalue weighted by Gasteiger charge is -2.22. The van der Waals surface area contributed by atoms with Crippen LogP contribution in [0.4, 0.5) is 0 Å². The molecule has 0 spiro atoms. The number of hydrogen-bond acceptors (Lipinski definition) is 2. The highest BCUT2D eigenvalue weighted by Gasteiger charge is 2.29. The van der Waals surface area contributed by atoms with E-state index in [9.17, 15) is 5.11 Å². The maximum absolute atomic E-state index is 9.58. The average Bonchev–Trinajstić information content (AvgIpc) is 2.60. The van der Waals surface area contributed by atoms with Gasteiger partial charge in [0.1, 0.15) is 0 Å². The number of aliphatic hydroxyl groups is 1. The zero-order valence-electron chi connectivity index (χ0n) is 8.64. The Bertz CT molecular complexity index is 304. The molecule has 0 unspecified atom stereocenters. The summed E-state index contributed by atoms with van der Waals surface area (Å²) in [4.78, 5) is 2.26. The Morgan fingerprint density at radius 1 is 1.33 bits per heavy atom. The second kappa shape index (κ2) is 4.97. The molecule has 0 amide bonds. The SMILES string of the molecule is O[C@@H]1C[C@@H](CCl)N(Cc2ccccc2)C1. The van der Waals surface area contributed by atoms with Gasteiger partial charge in [0, 0.05) is 25.0 Å². The van der Waals surface area contributed by atoms with Crippen LogP contribution in [-0.4, -0.2) is 34.6 Å². The Hall–Kier alpha value is -0.570. The molecule has 3 heteroatoms. The van der Waals surface area contributed by atoms with Gasteiger partial charge in [-0.25, -0.2) is 0 Å². The zero-order valence-corrected chi connectivity index (χ0v) is 9.40. The Balaban J connectivity index is 2.00. The number of benzene rings is 1. The number of nitrogens with zero attached hydrogens (tertiary/aromatic N) is 1. The molecular formula is C12H16ClNO. The number of β-amino-alcohol motifs (C(OH)–C–C–N with tert-alkyl or cyclic N) is 1. The van der Waals surface area contributed by atoms with Crippen molar-refractivity contribution in [2.24, 2.45) is 0 Å². The maximum atomic E-state index is 9.58. The highest BCUT2D eigenvalue weighted by atomic mass is 35.5. The standard InChI is InChI=1S/C12H16ClNO/c13-7-11-6-12(15)9-14(11)8-10-4-2-1-3-5-10/h1-5,11-12,15H,6-9H2/t11-,12+/m0/s1. The summed E-state index contributed by atoms with van der Waals surface area (Å²) in [6.45, 7) is 1.63. The molecule has 1 saturated heterocycles. The van der Waals surface area contributed by atoms with Crippen LogP contribution in [-0.2, 0) is 6.54 Å². The van der Waals surface area contributed by atoms with Crippen LogP contribution in [0.25, 0.3) is 0 Å². The van der Waals surface area contributed by atoms with E-state index in [1.807, 2.05) is 18.2 Å². The predicted molar refractivity (Wildman–Crippen MR) is 62.0 cm³/mol. The largest absolute Gasteiger partial charge is 0.392 e. The first kappa shape index (κ1) is 10.9. The summed E-state index contributed by atoms with van der Waals surface area (Å²) in [5.74, 6) is 0.601. The van der Waals surface area contributed by atoms with E-state index < -0.39 is 0 Å². The fourth-order valence-electron chi connectivity index (χ4n) is 2.13. The number of alkyl halides is 1. The van der Waals surface area contributed by atoms with Crippen LogP contribution in [0, 0.1) is 0 Å². The van der Waals surface area contributed by atoms with Gasteiger partial charge in [0.2, 0.25) is 0 Å². The molecule has 2 rings (SSSR count). The Labute approximate surface area is 95.5 Å². The van der Waals surface area contributed by atoms with Gasteiger partial charge in [0.05, 0.1) is 6.10 Å². The molecule has 1 aromatic rings. The van der Waals surface area contributed by atoms with Gasteiger partial charge in [-0.15, -0.1) is 11.6 Å². The fraction of sp³-hybridized carbons (Fsp3) is 0.500. The van der Waals surface area contributed by atoms with Crippen molar-refractivity contribution in [3.63, 3.8) is 0 Å². The van der Waals surface area contributed by atoms with Crippen LogP contribution in [0.5, 0.6) is 0 Å². The van der Waals surface area contributed by atoms with Crippen LogP contribution in [0.1, 0.15) is 12.0 Å². The first-order chi connectivity index (χ1) is 7.29. The van der Waals surface area contributed by atoms with E-state index in [0.29, 0.717) is 11.9 Å². The number of rotatable bonds is 3. The summed E-state index contributed by atoms with van der Waals surface area (Å²) in [7, 11) is 0. The molecule has 1 fully saturated rings. The molecule has 2 nitrogen and oxygen atoms in total. The molecule has 2 atom stereocenters. The molecule has 1 heterocycles. The summed E-state index contributed by atoms with van der Waals surface area (Å²) in [5, 5.41) is 9.58. The van der Waals surface area contributed by atoms with Gasteiger partial charge in [0.25, 0.3) is 0 Å². The van der Waals surface area contributed by atoms with Crippen molar-refractivity contribution in [1.29, 1.82) is 0 Å². The minimum absolute atomic E-state index is 0.211. The predicted octanol–water partition coefficient (Wildman–Crippen LogP) is 1.86. The molecule has 0 aromatic heterocycles. The summed E-state index contributed by atoms with van der Waals surface area (Å²) >= 11 is 5.88. The monoisotopic (exact) mass is 225 g/mol. The third-order valence-electron chi connectivity index (χ3n) is 2.91. The van der Waals surface area contributed by atoms with Crippen LogP contribution in [0.3, 0.4) is 0 Å². The minimum Gasteiger partial charge on any atom is -0.392 e. The van der Waals surface area contributed by atoms with Gasteiger partial charge in [-0.1, -0.05) is 30.3 Å². The molecule has 1 aliphatic rings. The van der Waals surface area contributed by atoms with Crippen molar-refractivity contribution >= 4 is 11.6 Å². The Morgan fingerprint density at radius 3 is 2.73 bits per heavy atom. The average molecular weight is 226 g/mol. The lowest BCUT2D eigenvalue weighted by Crippen LogP contribution is -2.30. The molecule has 1 aromatic carbocycles. The van der Waals surface area contributed by atoms with Crippen molar-refractivity contribution in [2.45, 2.75) is 25.1 Å². The normalized spacial score (nSPS) is 27.1. The molecule has 0 radical (unpaired) electrons. The van der Waals surface area contributed by atoms with Crippen molar-refractivity contribution in [3.05, 3.63) is 35.9 Å². The first-order valence-electron chi connectivity index (χ1n) is 5.31. The number of likely N-dealkylation sites (tertiary alicyclic amines) is 1. The van der Waals surface area contributed by atoms with Crippen LogP contribution >= 0.6 is 11.6 Å². The van der Waals surface area contributed by atoms with E-state index in [4.69, 9.17) is 11.6 Å². The van der Waals surface area contributed by atoms with E-state index in [1.54, 1.807) is 0 Å². The van der Waals surface area contributed by atoms with Crippen molar-refractivity contribution in [3.8, 4) is 0 Å². The van der Waals surface area contributed by atoms with Gasteiger partial charge in [-0.2, -0.15) is 0 Å². The van der Waals surface area contributed by atoms with Crippen molar-refractivity contribution < 1.29 is 5.11 Å². The van der Waals surface area contributed by atoms with E-state index >= 15 is 0 Å². The van der Waals surface area contributed by atoms with Crippen LogP contribution < -0.4 is 0 Å². The molecule has 1 aliphatic heterocycles.